The van der Waals surface area contributed by atoms with Gasteiger partial charge in [0.15, 0.2) is 0 Å². The second-order valence-electron chi connectivity index (χ2n) is 7.40. The van der Waals surface area contributed by atoms with E-state index in [1.807, 2.05) is 6.08 Å². The minimum Gasteiger partial charge on any atom is -0.388 e. The fourth-order valence-electron chi connectivity index (χ4n) is 3.25. The van der Waals surface area contributed by atoms with Crippen LogP contribution in [0.5, 0.6) is 0 Å². The second kappa shape index (κ2) is 15.6. The minimum atomic E-state index is -1.04. The van der Waals surface area contributed by atoms with Gasteiger partial charge in [0.2, 0.25) is 0 Å². The Hall–Kier alpha value is -0.460. The molecule has 0 saturated carbocycles. The van der Waals surface area contributed by atoms with Gasteiger partial charge in [-0.15, -0.1) is 0 Å². The lowest BCUT2D eigenvalue weighted by Crippen LogP contribution is -2.40. The van der Waals surface area contributed by atoms with Gasteiger partial charge in [-0.3, -0.25) is 0 Å². The molecule has 1 heterocycles. The van der Waals surface area contributed by atoms with Gasteiger partial charge >= 0.3 is 0 Å². The summed E-state index contributed by atoms with van der Waals surface area (Å²) in [5.74, 6) is 0. The van der Waals surface area contributed by atoms with E-state index in [9.17, 15) is 15.3 Å². The number of hydrogen-bond acceptors (Lipinski definition) is 5. The third-order valence-electron chi connectivity index (χ3n) is 4.96. The summed E-state index contributed by atoms with van der Waals surface area (Å²) in [6.07, 6.45) is 15.0. The predicted octanol–water partition coefficient (Wildman–Crippen LogP) is 3.35. The van der Waals surface area contributed by atoms with Crippen molar-refractivity contribution in [3.63, 3.8) is 0 Å². The lowest BCUT2D eigenvalue weighted by Gasteiger charge is -2.20. The Kier molecular flexibility index (Phi) is 14.1. The third-order valence-corrected chi connectivity index (χ3v) is 4.96. The first-order valence-corrected chi connectivity index (χ1v) is 10.5. The van der Waals surface area contributed by atoms with E-state index in [0.29, 0.717) is 6.61 Å². The molecule has 3 N–H and O–H groups in total. The summed E-state index contributed by atoms with van der Waals surface area (Å²) in [5.41, 5.74) is 0. The number of allylic oxidation sites excluding steroid dienone is 1. The molecule has 4 atom stereocenters. The van der Waals surface area contributed by atoms with E-state index in [-0.39, 0.29) is 13.2 Å². The van der Waals surface area contributed by atoms with Crippen LogP contribution in [0.2, 0.25) is 0 Å². The van der Waals surface area contributed by atoms with Crippen LogP contribution in [0.3, 0.4) is 0 Å². The number of hydrogen-bond donors (Lipinski definition) is 3. The molecule has 0 aromatic carbocycles. The molecule has 0 aliphatic carbocycles. The Morgan fingerprint density at radius 3 is 2.15 bits per heavy atom. The van der Waals surface area contributed by atoms with Crippen molar-refractivity contribution in [1.82, 2.24) is 0 Å². The fraction of sp³-hybridized carbons (Fsp3) is 0.905. The quantitative estimate of drug-likeness (QED) is 0.286. The van der Waals surface area contributed by atoms with Gasteiger partial charge < -0.3 is 24.8 Å². The van der Waals surface area contributed by atoms with Crippen LogP contribution >= 0.6 is 0 Å². The highest BCUT2D eigenvalue weighted by molar-refractivity contribution is 4.88. The summed E-state index contributed by atoms with van der Waals surface area (Å²) in [5, 5.41) is 28.9. The van der Waals surface area contributed by atoms with Crippen molar-refractivity contribution in [2.45, 2.75) is 102 Å². The van der Waals surface area contributed by atoms with E-state index in [0.717, 1.165) is 6.42 Å². The monoisotopic (exact) mass is 372 g/mol. The number of aliphatic hydroxyl groups excluding tert-OH is 3. The SMILES string of the molecule is CCCCCCCCCCCC/C=C/COC[C@H](O)[C@H]1OC[C@@H](O)[C@H]1O. The molecule has 1 fully saturated rings. The largest absolute Gasteiger partial charge is 0.388 e. The molecule has 1 aliphatic heterocycles. The van der Waals surface area contributed by atoms with Crippen molar-refractivity contribution in [1.29, 1.82) is 0 Å². The first-order valence-electron chi connectivity index (χ1n) is 10.5. The molecule has 0 amide bonds. The maximum absolute atomic E-state index is 9.90. The Morgan fingerprint density at radius 1 is 0.962 bits per heavy atom. The molecule has 0 aromatic heterocycles. The van der Waals surface area contributed by atoms with Gasteiger partial charge in [-0.2, -0.15) is 0 Å². The number of ether oxygens (including phenoxy) is 2. The molecule has 5 nitrogen and oxygen atoms in total. The van der Waals surface area contributed by atoms with Crippen LogP contribution in [-0.4, -0.2) is 59.6 Å². The van der Waals surface area contributed by atoms with E-state index in [4.69, 9.17) is 9.47 Å². The average molecular weight is 373 g/mol. The molecule has 1 aliphatic rings. The van der Waals surface area contributed by atoms with Crippen LogP contribution in [-0.2, 0) is 9.47 Å². The zero-order valence-electron chi connectivity index (χ0n) is 16.5. The molecule has 0 spiro atoms. The van der Waals surface area contributed by atoms with E-state index < -0.39 is 24.4 Å². The standard InChI is InChI=1S/C21H40O5/c1-2-3-4-5-6-7-8-9-10-11-12-13-14-15-25-16-19(23)21-20(24)18(22)17-26-21/h13-14,18-24H,2-12,15-17H2,1H3/b14-13+/t18-,19+,20-,21-/m1/s1. The third kappa shape index (κ3) is 10.6. The van der Waals surface area contributed by atoms with Gasteiger partial charge in [0.1, 0.15) is 24.4 Å². The molecule has 0 radical (unpaired) electrons. The summed E-state index contributed by atoms with van der Waals surface area (Å²) in [4.78, 5) is 0. The first kappa shape index (κ1) is 23.6. The fourth-order valence-corrected chi connectivity index (χ4v) is 3.25. The summed E-state index contributed by atoms with van der Waals surface area (Å²) in [6.45, 7) is 2.85. The molecule has 0 aromatic rings. The minimum absolute atomic E-state index is 0.0572. The Bertz CT molecular complexity index is 347. The summed E-state index contributed by atoms with van der Waals surface area (Å²) in [6, 6.07) is 0. The van der Waals surface area contributed by atoms with Crippen molar-refractivity contribution >= 4 is 0 Å². The molecule has 26 heavy (non-hydrogen) atoms. The Morgan fingerprint density at radius 2 is 1.58 bits per heavy atom. The van der Waals surface area contributed by atoms with Crippen molar-refractivity contribution in [2.75, 3.05) is 19.8 Å². The number of unbranched alkanes of at least 4 members (excludes halogenated alkanes) is 10. The smallest absolute Gasteiger partial charge is 0.114 e. The molecular formula is C21H40O5. The van der Waals surface area contributed by atoms with Crippen molar-refractivity contribution in [3.8, 4) is 0 Å². The molecule has 1 saturated heterocycles. The Labute approximate surface area is 159 Å². The van der Waals surface area contributed by atoms with Crippen LogP contribution in [0.15, 0.2) is 12.2 Å². The highest BCUT2D eigenvalue weighted by Crippen LogP contribution is 2.17. The van der Waals surface area contributed by atoms with Gasteiger partial charge in [-0.05, 0) is 12.8 Å². The zero-order chi connectivity index (χ0) is 19.0. The number of aliphatic hydroxyl groups is 3. The van der Waals surface area contributed by atoms with E-state index >= 15 is 0 Å². The van der Waals surface area contributed by atoms with E-state index in [1.165, 1.54) is 64.2 Å². The summed E-state index contributed by atoms with van der Waals surface area (Å²) < 4.78 is 10.5. The lowest BCUT2D eigenvalue weighted by molar-refractivity contribution is -0.0782. The van der Waals surface area contributed by atoms with Gasteiger partial charge in [-0.1, -0.05) is 76.9 Å². The average Bonchev–Trinajstić information content (AvgIpc) is 2.97. The summed E-state index contributed by atoms with van der Waals surface area (Å²) in [7, 11) is 0. The molecule has 154 valence electrons. The van der Waals surface area contributed by atoms with Crippen LogP contribution in [0, 0.1) is 0 Å². The second-order valence-corrected chi connectivity index (χ2v) is 7.40. The predicted molar refractivity (Wildman–Crippen MR) is 104 cm³/mol. The highest BCUT2D eigenvalue weighted by Gasteiger charge is 2.39. The maximum Gasteiger partial charge on any atom is 0.114 e. The van der Waals surface area contributed by atoms with Gasteiger partial charge in [0.05, 0.1) is 19.8 Å². The van der Waals surface area contributed by atoms with Crippen molar-refractivity contribution in [3.05, 3.63) is 12.2 Å². The molecular weight excluding hydrogens is 332 g/mol. The molecule has 0 bridgehead atoms. The van der Waals surface area contributed by atoms with Crippen molar-refractivity contribution in [2.24, 2.45) is 0 Å². The van der Waals surface area contributed by atoms with Crippen LogP contribution in [0.4, 0.5) is 0 Å². The number of rotatable bonds is 16. The summed E-state index contributed by atoms with van der Waals surface area (Å²) >= 11 is 0. The Balaban J connectivity index is 1.85. The highest BCUT2D eigenvalue weighted by atomic mass is 16.5. The van der Waals surface area contributed by atoms with Gasteiger partial charge in [0, 0.05) is 0 Å². The molecule has 5 heteroatoms. The van der Waals surface area contributed by atoms with Crippen LogP contribution in [0.25, 0.3) is 0 Å². The topological polar surface area (TPSA) is 79.2 Å². The molecule has 0 unspecified atom stereocenters. The van der Waals surface area contributed by atoms with Gasteiger partial charge in [0.25, 0.3) is 0 Å². The van der Waals surface area contributed by atoms with E-state index in [2.05, 4.69) is 13.0 Å². The normalized spacial score (nSPS) is 24.5. The van der Waals surface area contributed by atoms with Crippen LogP contribution < -0.4 is 0 Å². The van der Waals surface area contributed by atoms with E-state index in [1.54, 1.807) is 0 Å². The first-order chi connectivity index (χ1) is 12.7. The van der Waals surface area contributed by atoms with Gasteiger partial charge in [-0.25, -0.2) is 0 Å². The molecule has 1 rings (SSSR count). The lowest BCUT2D eigenvalue weighted by atomic mass is 10.1. The maximum atomic E-state index is 9.90. The van der Waals surface area contributed by atoms with Crippen LogP contribution in [0.1, 0.15) is 77.6 Å². The van der Waals surface area contributed by atoms with Crippen molar-refractivity contribution < 1.29 is 24.8 Å². The zero-order valence-corrected chi connectivity index (χ0v) is 16.5.